The monoisotopic (exact) mass is 322 g/mol. The van der Waals surface area contributed by atoms with Gasteiger partial charge in [-0.1, -0.05) is 12.1 Å². The lowest BCUT2D eigenvalue weighted by atomic mass is 10.2. The van der Waals surface area contributed by atoms with Crippen LogP contribution in [0.15, 0.2) is 24.3 Å². The summed E-state index contributed by atoms with van der Waals surface area (Å²) in [5.74, 6) is 1.66. The quantitative estimate of drug-likeness (QED) is 0.843. The van der Waals surface area contributed by atoms with Crippen LogP contribution in [0.2, 0.25) is 0 Å². The largest absolute Gasteiger partial charge is 0.490 e. The molecule has 0 saturated carbocycles. The molecule has 0 aliphatic carbocycles. The zero-order chi connectivity index (χ0) is 12.6. The molecule has 1 aromatic rings. The van der Waals surface area contributed by atoms with Gasteiger partial charge in [0.1, 0.15) is 0 Å². The molecule has 1 unspecified atom stereocenters. The van der Waals surface area contributed by atoms with Crippen LogP contribution in [0.5, 0.6) is 11.5 Å². The number of piperazine rings is 1. The van der Waals surface area contributed by atoms with Crippen LogP contribution in [-0.4, -0.2) is 38.9 Å². The van der Waals surface area contributed by atoms with Crippen LogP contribution in [0.3, 0.4) is 0 Å². The average molecular weight is 323 g/mol. The molecule has 1 saturated heterocycles. The highest BCUT2D eigenvalue weighted by Crippen LogP contribution is 2.26. The predicted molar refractivity (Wildman–Crippen MR) is 86.9 cm³/mol. The molecule has 0 bridgehead atoms. The molecule has 20 heavy (non-hydrogen) atoms. The fourth-order valence-electron chi connectivity index (χ4n) is 2.07. The summed E-state index contributed by atoms with van der Waals surface area (Å²) < 4.78 is 11.3. The molecular formula is C14H24Cl2N2O2. The number of para-hydroxylation sites is 2. The van der Waals surface area contributed by atoms with Crippen molar-refractivity contribution in [3.8, 4) is 11.5 Å². The minimum Gasteiger partial charge on any atom is -0.490 e. The van der Waals surface area contributed by atoms with Crippen molar-refractivity contribution >= 4 is 24.8 Å². The first-order valence-electron chi connectivity index (χ1n) is 6.69. The van der Waals surface area contributed by atoms with E-state index in [-0.39, 0.29) is 24.8 Å². The fraction of sp³-hybridized carbons (Fsp3) is 0.571. The Labute approximate surface area is 133 Å². The summed E-state index contributed by atoms with van der Waals surface area (Å²) >= 11 is 0. The van der Waals surface area contributed by atoms with E-state index >= 15 is 0 Å². The maximum atomic E-state index is 5.80. The van der Waals surface area contributed by atoms with Crippen LogP contribution < -0.4 is 20.1 Å². The first kappa shape index (κ1) is 19.3. The van der Waals surface area contributed by atoms with Crippen LogP contribution in [0, 0.1) is 0 Å². The normalized spacial score (nSPS) is 17.6. The van der Waals surface area contributed by atoms with Crippen LogP contribution in [0.1, 0.15) is 13.3 Å². The van der Waals surface area contributed by atoms with E-state index in [1.54, 1.807) is 0 Å². The third-order valence-electron chi connectivity index (χ3n) is 3.00. The van der Waals surface area contributed by atoms with Crippen LogP contribution in [-0.2, 0) is 0 Å². The smallest absolute Gasteiger partial charge is 0.161 e. The minimum absolute atomic E-state index is 0. The Balaban J connectivity index is 0.00000180. The van der Waals surface area contributed by atoms with Crippen molar-refractivity contribution in [3.63, 3.8) is 0 Å². The third-order valence-corrected chi connectivity index (χ3v) is 3.00. The second-order valence-corrected chi connectivity index (χ2v) is 4.37. The molecule has 6 heteroatoms. The summed E-state index contributed by atoms with van der Waals surface area (Å²) in [6, 6.07) is 8.34. The first-order chi connectivity index (χ1) is 8.90. The molecule has 116 valence electrons. The van der Waals surface area contributed by atoms with Crippen LogP contribution >= 0.6 is 24.8 Å². The summed E-state index contributed by atoms with van der Waals surface area (Å²) in [6.45, 7) is 6.48. The number of ether oxygens (including phenoxy) is 2. The topological polar surface area (TPSA) is 42.5 Å². The van der Waals surface area contributed by atoms with Gasteiger partial charge in [-0.3, -0.25) is 0 Å². The van der Waals surface area contributed by atoms with E-state index in [1.807, 2.05) is 31.2 Å². The van der Waals surface area contributed by atoms with Crippen molar-refractivity contribution in [3.05, 3.63) is 24.3 Å². The molecule has 1 fully saturated rings. The van der Waals surface area contributed by atoms with Crippen molar-refractivity contribution in [2.24, 2.45) is 0 Å². The van der Waals surface area contributed by atoms with Gasteiger partial charge in [0, 0.05) is 25.7 Å². The number of hydrogen-bond acceptors (Lipinski definition) is 4. The van der Waals surface area contributed by atoms with Crippen LogP contribution in [0.25, 0.3) is 0 Å². The number of hydrogen-bond donors (Lipinski definition) is 2. The molecule has 2 rings (SSSR count). The highest BCUT2D eigenvalue weighted by atomic mass is 35.5. The summed E-state index contributed by atoms with van der Waals surface area (Å²) in [5.41, 5.74) is 0. The third kappa shape index (κ3) is 6.18. The van der Waals surface area contributed by atoms with E-state index in [0.29, 0.717) is 19.3 Å². The van der Waals surface area contributed by atoms with Crippen LogP contribution in [0.4, 0.5) is 0 Å². The van der Waals surface area contributed by atoms with Gasteiger partial charge in [0.2, 0.25) is 0 Å². The number of rotatable bonds is 6. The Morgan fingerprint density at radius 2 is 1.80 bits per heavy atom. The summed E-state index contributed by atoms with van der Waals surface area (Å²) in [7, 11) is 0. The number of benzene rings is 1. The highest BCUT2D eigenvalue weighted by molar-refractivity contribution is 5.85. The first-order valence-corrected chi connectivity index (χ1v) is 6.69. The van der Waals surface area contributed by atoms with Crippen molar-refractivity contribution < 1.29 is 9.47 Å². The lowest BCUT2D eigenvalue weighted by Crippen LogP contribution is -2.48. The molecular weight excluding hydrogens is 299 g/mol. The van der Waals surface area contributed by atoms with Gasteiger partial charge in [0.25, 0.3) is 0 Å². The fourth-order valence-corrected chi connectivity index (χ4v) is 2.07. The molecule has 0 aromatic heterocycles. The van der Waals surface area contributed by atoms with E-state index in [2.05, 4.69) is 10.6 Å². The molecule has 1 aliphatic heterocycles. The average Bonchev–Trinajstić information content (AvgIpc) is 2.42. The minimum atomic E-state index is 0. The Morgan fingerprint density at radius 3 is 2.40 bits per heavy atom. The van der Waals surface area contributed by atoms with Gasteiger partial charge in [-0.05, 0) is 25.5 Å². The predicted octanol–water partition coefficient (Wildman–Crippen LogP) is 2.26. The number of halogens is 2. The standard InChI is InChI=1S/C14H22N2O2.2ClH/c1-2-17-13-5-3-4-6-14(13)18-10-7-12-11-15-8-9-16-12;;/h3-6,12,15-16H,2,7-11H2,1H3;2*1H. The van der Waals surface area contributed by atoms with Gasteiger partial charge >= 0.3 is 0 Å². The molecule has 0 radical (unpaired) electrons. The van der Waals surface area contributed by atoms with Gasteiger partial charge in [-0.15, -0.1) is 24.8 Å². The molecule has 0 spiro atoms. The zero-order valence-corrected chi connectivity index (χ0v) is 13.4. The zero-order valence-electron chi connectivity index (χ0n) is 11.8. The molecule has 1 atom stereocenters. The summed E-state index contributed by atoms with van der Waals surface area (Å²) in [6.07, 6.45) is 1.01. The van der Waals surface area contributed by atoms with E-state index < -0.39 is 0 Å². The second-order valence-electron chi connectivity index (χ2n) is 4.37. The van der Waals surface area contributed by atoms with Crippen molar-refractivity contribution in [2.75, 3.05) is 32.8 Å². The molecule has 4 nitrogen and oxygen atoms in total. The lowest BCUT2D eigenvalue weighted by Gasteiger charge is -2.24. The molecule has 2 N–H and O–H groups in total. The second kappa shape index (κ2) is 11.0. The highest BCUT2D eigenvalue weighted by Gasteiger charge is 2.12. The van der Waals surface area contributed by atoms with Gasteiger partial charge < -0.3 is 20.1 Å². The molecule has 1 aliphatic rings. The molecule has 0 amide bonds. The van der Waals surface area contributed by atoms with Crippen molar-refractivity contribution in [2.45, 2.75) is 19.4 Å². The van der Waals surface area contributed by atoms with E-state index in [4.69, 9.17) is 9.47 Å². The Hall–Kier alpha value is -0.680. The maximum Gasteiger partial charge on any atom is 0.161 e. The van der Waals surface area contributed by atoms with Crippen molar-refractivity contribution in [1.29, 1.82) is 0 Å². The number of nitrogens with one attached hydrogen (secondary N) is 2. The van der Waals surface area contributed by atoms with Crippen molar-refractivity contribution in [1.82, 2.24) is 10.6 Å². The van der Waals surface area contributed by atoms with E-state index in [0.717, 1.165) is 37.6 Å². The Morgan fingerprint density at radius 1 is 1.10 bits per heavy atom. The molecule has 1 heterocycles. The van der Waals surface area contributed by atoms with Gasteiger partial charge in [-0.25, -0.2) is 0 Å². The summed E-state index contributed by atoms with van der Waals surface area (Å²) in [5, 5.41) is 6.84. The SMILES string of the molecule is CCOc1ccccc1OCCC1CNCCN1.Cl.Cl. The summed E-state index contributed by atoms with van der Waals surface area (Å²) in [4.78, 5) is 0. The van der Waals surface area contributed by atoms with Gasteiger partial charge in [0.15, 0.2) is 11.5 Å². The van der Waals surface area contributed by atoms with E-state index in [1.165, 1.54) is 0 Å². The Kier molecular flexibility index (Phi) is 10.7. The van der Waals surface area contributed by atoms with E-state index in [9.17, 15) is 0 Å². The van der Waals surface area contributed by atoms with Gasteiger partial charge in [-0.2, -0.15) is 0 Å². The van der Waals surface area contributed by atoms with Gasteiger partial charge in [0.05, 0.1) is 13.2 Å². The molecule has 1 aromatic carbocycles. The maximum absolute atomic E-state index is 5.80. The Bertz CT molecular complexity index is 361. The lowest BCUT2D eigenvalue weighted by molar-refractivity contribution is 0.253.